The third-order valence-electron chi connectivity index (χ3n) is 3.37. The van der Waals surface area contributed by atoms with Crippen molar-refractivity contribution in [3.8, 4) is 11.5 Å². The van der Waals surface area contributed by atoms with E-state index in [1.807, 2.05) is 0 Å². The van der Waals surface area contributed by atoms with Gasteiger partial charge in [0.15, 0.2) is 0 Å². The number of benzene rings is 2. The van der Waals surface area contributed by atoms with Crippen LogP contribution in [0.25, 0.3) is 0 Å². The van der Waals surface area contributed by atoms with Crippen LogP contribution < -0.4 is 0 Å². The molecule has 0 unspecified atom stereocenters. The predicted molar refractivity (Wildman–Crippen MR) is 95.1 cm³/mol. The monoisotopic (exact) mass is 356 g/mol. The number of hydrogen-bond acceptors (Lipinski definition) is 6. The molecule has 0 saturated carbocycles. The summed E-state index contributed by atoms with van der Waals surface area (Å²) in [6, 6.07) is 7.92. The molecular formula is C18H16N2O6. The summed E-state index contributed by atoms with van der Waals surface area (Å²) < 4.78 is 0. The second-order valence-corrected chi connectivity index (χ2v) is 5.23. The van der Waals surface area contributed by atoms with E-state index in [0.29, 0.717) is 24.2 Å². The van der Waals surface area contributed by atoms with Gasteiger partial charge in [-0.2, -0.15) is 0 Å². The highest BCUT2D eigenvalue weighted by Crippen LogP contribution is 2.18. The normalized spacial score (nSPS) is 11.2. The average Bonchev–Trinajstić information content (AvgIpc) is 2.59. The highest BCUT2D eigenvalue weighted by molar-refractivity contribution is 5.92. The first-order chi connectivity index (χ1) is 12.4. The summed E-state index contributed by atoms with van der Waals surface area (Å²) in [5.41, 5.74) is 0.748. The number of aromatic carboxylic acids is 2. The minimum absolute atomic E-state index is 0.0158. The third-order valence-corrected chi connectivity index (χ3v) is 3.37. The van der Waals surface area contributed by atoms with Crippen LogP contribution in [0, 0.1) is 0 Å². The molecule has 0 saturated heterocycles. The van der Waals surface area contributed by atoms with E-state index in [1.165, 1.54) is 36.7 Å². The van der Waals surface area contributed by atoms with E-state index in [1.54, 1.807) is 0 Å². The number of aliphatic imine (C=N–C) groups is 2. The number of carboxylic acids is 2. The van der Waals surface area contributed by atoms with Crippen molar-refractivity contribution in [2.45, 2.75) is 0 Å². The zero-order chi connectivity index (χ0) is 19.1. The molecule has 0 aliphatic carbocycles. The van der Waals surface area contributed by atoms with Crippen molar-refractivity contribution >= 4 is 24.4 Å². The molecule has 4 N–H and O–H groups in total. The molecule has 134 valence electrons. The Balaban J connectivity index is 1.90. The predicted octanol–water partition coefficient (Wildman–Crippen LogP) is 2.03. The van der Waals surface area contributed by atoms with Crippen molar-refractivity contribution in [1.29, 1.82) is 0 Å². The van der Waals surface area contributed by atoms with E-state index >= 15 is 0 Å². The fraction of sp³-hybridized carbons (Fsp3) is 0.111. The van der Waals surface area contributed by atoms with Crippen molar-refractivity contribution in [2.24, 2.45) is 9.98 Å². The Morgan fingerprint density at radius 2 is 1.15 bits per heavy atom. The fourth-order valence-corrected chi connectivity index (χ4v) is 2.01. The maximum Gasteiger partial charge on any atom is 0.335 e. The zero-order valence-electron chi connectivity index (χ0n) is 13.5. The summed E-state index contributed by atoms with van der Waals surface area (Å²) in [4.78, 5) is 29.7. The molecule has 0 aromatic heterocycles. The minimum Gasteiger partial charge on any atom is -0.507 e. The molecule has 0 heterocycles. The molecule has 8 nitrogen and oxygen atoms in total. The van der Waals surface area contributed by atoms with E-state index in [-0.39, 0.29) is 22.6 Å². The van der Waals surface area contributed by atoms with Crippen LogP contribution >= 0.6 is 0 Å². The highest BCUT2D eigenvalue weighted by Gasteiger charge is 2.07. The number of phenolic OH excluding ortho intramolecular Hbond substituents is 2. The maximum absolute atomic E-state index is 10.8. The number of nitrogens with zero attached hydrogens (tertiary/aromatic N) is 2. The van der Waals surface area contributed by atoms with E-state index in [0.717, 1.165) is 12.1 Å². The highest BCUT2D eigenvalue weighted by atomic mass is 16.4. The van der Waals surface area contributed by atoms with E-state index in [9.17, 15) is 19.8 Å². The molecule has 2 aromatic rings. The van der Waals surface area contributed by atoms with Crippen molar-refractivity contribution < 1.29 is 30.0 Å². The van der Waals surface area contributed by atoms with Gasteiger partial charge in [-0.15, -0.1) is 0 Å². The minimum atomic E-state index is -1.13. The molecule has 0 bridgehead atoms. The van der Waals surface area contributed by atoms with Gasteiger partial charge in [0.1, 0.15) is 11.5 Å². The molecule has 0 spiro atoms. The summed E-state index contributed by atoms with van der Waals surface area (Å²) in [5, 5.41) is 37.1. The topological polar surface area (TPSA) is 140 Å². The van der Waals surface area contributed by atoms with Gasteiger partial charge in [0, 0.05) is 23.6 Å². The lowest BCUT2D eigenvalue weighted by atomic mass is 10.1. The third kappa shape index (κ3) is 4.91. The van der Waals surface area contributed by atoms with Gasteiger partial charge in [-0.05, 0) is 36.4 Å². The first-order valence-corrected chi connectivity index (χ1v) is 7.50. The maximum atomic E-state index is 10.8. The van der Waals surface area contributed by atoms with E-state index < -0.39 is 11.9 Å². The Morgan fingerprint density at radius 1 is 0.769 bits per heavy atom. The number of rotatable bonds is 7. The fourth-order valence-electron chi connectivity index (χ4n) is 2.01. The van der Waals surface area contributed by atoms with Crippen LogP contribution in [0.3, 0.4) is 0 Å². The molecular weight excluding hydrogens is 340 g/mol. The SMILES string of the molecule is O=C(O)c1ccc(C=NCCN=Cc2ccc(C(=O)O)cc2O)c(O)c1. The number of phenols is 2. The number of hydrogen-bond donors (Lipinski definition) is 4. The standard InChI is InChI=1S/C18H16N2O6/c21-15-7-11(17(23)24)1-3-13(15)9-19-5-6-20-10-14-4-2-12(18(25)26)8-16(14)22/h1-4,7-10,21-22H,5-6H2,(H,23,24)(H,25,26). The quantitative estimate of drug-likeness (QED) is 0.442. The van der Waals surface area contributed by atoms with Gasteiger partial charge >= 0.3 is 11.9 Å². The Morgan fingerprint density at radius 3 is 1.46 bits per heavy atom. The Kier molecular flexibility index (Phi) is 6.05. The lowest BCUT2D eigenvalue weighted by Crippen LogP contribution is -1.97. The van der Waals surface area contributed by atoms with Crippen molar-refractivity contribution in [3.05, 3.63) is 58.7 Å². The Labute approximate surface area is 148 Å². The van der Waals surface area contributed by atoms with Gasteiger partial charge in [-0.3, -0.25) is 9.98 Å². The summed E-state index contributed by atoms with van der Waals surface area (Å²) in [6.07, 6.45) is 2.82. The second kappa shape index (κ2) is 8.43. The van der Waals surface area contributed by atoms with Crippen LogP contribution in [-0.4, -0.2) is 57.9 Å². The molecule has 8 heteroatoms. The number of carboxylic acid groups (broad SMARTS) is 2. The van der Waals surface area contributed by atoms with E-state index in [4.69, 9.17) is 10.2 Å². The van der Waals surface area contributed by atoms with Gasteiger partial charge in [0.25, 0.3) is 0 Å². The first kappa shape index (κ1) is 18.7. The molecule has 0 radical (unpaired) electrons. The molecule has 0 amide bonds. The van der Waals surface area contributed by atoms with Gasteiger partial charge < -0.3 is 20.4 Å². The average molecular weight is 356 g/mol. The van der Waals surface area contributed by atoms with Crippen LogP contribution in [-0.2, 0) is 0 Å². The van der Waals surface area contributed by atoms with Gasteiger partial charge in [-0.1, -0.05) is 0 Å². The van der Waals surface area contributed by atoms with Gasteiger partial charge in [-0.25, -0.2) is 9.59 Å². The zero-order valence-corrected chi connectivity index (χ0v) is 13.5. The largest absolute Gasteiger partial charge is 0.507 e. The van der Waals surface area contributed by atoms with E-state index in [2.05, 4.69) is 9.98 Å². The van der Waals surface area contributed by atoms with Crippen LogP contribution in [0.1, 0.15) is 31.8 Å². The van der Waals surface area contributed by atoms with Gasteiger partial charge in [0.2, 0.25) is 0 Å². The van der Waals surface area contributed by atoms with Crippen LogP contribution in [0.15, 0.2) is 46.4 Å². The molecule has 26 heavy (non-hydrogen) atoms. The Bertz CT molecular complexity index is 816. The van der Waals surface area contributed by atoms with Crippen molar-refractivity contribution in [2.75, 3.05) is 13.1 Å². The lowest BCUT2D eigenvalue weighted by Gasteiger charge is -2.01. The lowest BCUT2D eigenvalue weighted by molar-refractivity contribution is 0.0685. The number of aromatic hydroxyl groups is 2. The second-order valence-electron chi connectivity index (χ2n) is 5.23. The smallest absolute Gasteiger partial charge is 0.335 e. The van der Waals surface area contributed by atoms with Crippen LogP contribution in [0.5, 0.6) is 11.5 Å². The number of carbonyl (C=O) groups is 2. The van der Waals surface area contributed by atoms with Crippen molar-refractivity contribution in [3.63, 3.8) is 0 Å². The van der Waals surface area contributed by atoms with Crippen LogP contribution in [0.2, 0.25) is 0 Å². The molecule has 2 rings (SSSR count). The summed E-state index contributed by atoms with van der Waals surface area (Å²) >= 11 is 0. The molecule has 0 fully saturated rings. The summed E-state index contributed by atoms with van der Waals surface area (Å²) in [6.45, 7) is 0.620. The Hall–Kier alpha value is -3.68. The molecule has 0 aliphatic heterocycles. The molecule has 2 aromatic carbocycles. The van der Waals surface area contributed by atoms with Gasteiger partial charge in [0.05, 0.1) is 24.2 Å². The molecule has 0 aliphatic rings. The van der Waals surface area contributed by atoms with Crippen molar-refractivity contribution in [1.82, 2.24) is 0 Å². The summed E-state index contributed by atoms with van der Waals surface area (Å²) in [7, 11) is 0. The summed E-state index contributed by atoms with van der Waals surface area (Å²) in [5.74, 6) is -2.61. The molecule has 0 atom stereocenters. The first-order valence-electron chi connectivity index (χ1n) is 7.50. The van der Waals surface area contributed by atoms with Crippen LogP contribution in [0.4, 0.5) is 0 Å².